The van der Waals surface area contributed by atoms with Gasteiger partial charge in [-0.1, -0.05) is 13.3 Å². The predicted octanol–water partition coefficient (Wildman–Crippen LogP) is 1.51. The smallest absolute Gasteiger partial charge is 0.191 e. The molecule has 0 spiro atoms. The van der Waals surface area contributed by atoms with Crippen molar-refractivity contribution in [3.05, 3.63) is 0 Å². The number of guanidine groups is 1. The van der Waals surface area contributed by atoms with Gasteiger partial charge in [0, 0.05) is 51.4 Å². The van der Waals surface area contributed by atoms with Crippen molar-refractivity contribution in [1.29, 1.82) is 0 Å². The number of aliphatic imine (C=N–C) groups is 1. The lowest BCUT2D eigenvalue weighted by molar-refractivity contribution is 0.163. The molecule has 0 amide bonds. The molecular formula is C18H35N5. The Kier molecular flexibility index (Phi) is 5.81. The van der Waals surface area contributed by atoms with E-state index in [-0.39, 0.29) is 0 Å². The van der Waals surface area contributed by atoms with E-state index < -0.39 is 0 Å². The molecular weight excluding hydrogens is 286 g/mol. The lowest BCUT2D eigenvalue weighted by atomic mass is 10.0. The normalized spacial score (nSPS) is 33.9. The molecule has 0 aromatic heterocycles. The predicted molar refractivity (Wildman–Crippen MR) is 96.9 cm³/mol. The summed E-state index contributed by atoms with van der Waals surface area (Å²) in [5, 5.41) is 7.18. The first-order chi connectivity index (χ1) is 11.2. The molecule has 2 heterocycles. The first-order valence-corrected chi connectivity index (χ1v) is 9.62. The maximum atomic E-state index is 4.43. The van der Waals surface area contributed by atoms with Crippen LogP contribution in [0.4, 0.5) is 0 Å². The average Bonchev–Trinajstić information content (AvgIpc) is 3.33. The van der Waals surface area contributed by atoms with Crippen molar-refractivity contribution >= 4 is 5.96 Å². The van der Waals surface area contributed by atoms with Gasteiger partial charge in [-0.15, -0.1) is 0 Å². The maximum Gasteiger partial charge on any atom is 0.191 e. The molecule has 0 aromatic carbocycles. The summed E-state index contributed by atoms with van der Waals surface area (Å²) in [6.07, 6.45) is 6.91. The van der Waals surface area contributed by atoms with Crippen molar-refractivity contribution < 1.29 is 0 Å². The van der Waals surface area contributed by atoms with Crippen LogP contribution in [0.15, 0.2) is 4.99 Å². The van der Waals surface area contributed by atoms with Crippen molar-refractivity contribution in [3.63, 3.8) is 0 Å². The third-order valence-corrected chi connectivity index (χ3v) is 5.88. The van der Waals surface area contributed by atoms with Crippen LogP contribution in [0.1, 0.15) is 46.0 Å². The molecule has 3 aliphatic rings. The highest BCUT2D eigenvalue weighted by atomic mass is 15.3. The first kappa shape index (κ1) is 17.0. The van der Waals surface area contributed by atoms with Gasteiger partial charge in [0.25, 0.3) is 0 Å². The van der Waals surface area contributed by atoms with Gasteiger partial charge in [0.1, 0.15) is 0 Å². The molecule has 1 aliphatic carbocycles. The molecule has 3 unspecified atom stereocenters. The molecule has 3 fully saturated rings. The topological polar surface area (TPSA) is 42.9 Å². The molecule has 5 nitrogen and oxygen atoms in total. The fraction of sp³-hybridized carbons (Fsp3) is 0.944. The summed E-state index contributed by atoms with van der Waals surface area (Å²) in [6.45, 7) is 10.5. The summed E-state index contributed by atoms with van der Waals surface area (Å²) in [4.78, 5) is 9.70. The number of hydrogen-bond acceptors (Lipinski definition) is 3. The Bertz CT molecular complexity index is 406. The van der Waals surface area contributed by atoms with Crippen LogP contribution in [0, 0.1) is 5.92 Å². The fourth-order valence-corrected chi connectivity index (χ4v) is 4.11. The summed E-state index contributed by atoms with van der Waals surface area (Å²) in [5.74, 6) is 1.68. The number of likely N-dealkylation sites (tertiary alicyclic amines) is 2. The second-order valence-corrected chi connectivity index (χ2v) is 7.79. The van der Waals surface area contributed by atoms with Crippen LogP contribution in [0.2, 0.25) is 0 Å². The standard InChI is InChI=1S/C18H35N5/c1-14-12-23(16-7-8-16)13-17(14)21-18(19-3)20-9-11-22-10-5-4-6-15(22)2/h14-17H,4-13H2,1-3H3,(H2,19,20,21). The Hall–Kier alpha value is -0.810. The summed E-state index contributed by atoms with van der Waals surface area (Å²) >= 11 is 0. The zero-order valence-corrected chi connectivity index (χ0v) is 15.2. The number of rotatable bonds is 5. The highest BCUT2D eigenvalue weighted by molar-refractivity contribution is 5.80. The van der Waals surface area contributed by atoms with Gasteiger partial charge in [0.15, 0.2) is 5.96 Å². The molecule has 0 radical (unpaired) electrons. The van der Waals surface area contributed by atoms with E-state index in [2.05, 4.69) is 39.3 Å². The Balaban J connectivity index is 1.39. The Morgan fingerprint density at radius 1 is 1.13 bits per heavy atom. The van der Waals surface area contributed by atoms with Crippen LogP contribution < -0.4 is 10.6 Å². The van der Waals surface area contributed by atoms with E-state index in [0.29, 0.717) is 12.0 Å². The molecule has 2 saturated heterocycles. The Morgan fingerprint density at radius 2 is 1.96 bits per heavy atom. The zero-order valence-electron chi connectivity index (χ0n) is 15.2. The van der Waals surface area contributed by atoms with Gasteiger partial charge in [0.05, 0.1) is 0 Å². The molecule has 0 aromatic rings. The van der Waals surface area contributed by atoms with Gasteiger partial charge in [0.2, 0.25) is 0 Å². The number of piperidine rings is 1. The van der Waals surface area contributed by atoms with E-state index in [1.165, 1.54) is 51.7 Å². The zero-order chi connectivity index (χ0) is 16.2. The summed E-state index contributed by atoms with van der Waals surface area (Å²) in [5.41, 5.74) is 0. The lowest BCUT2D eigenvalue weighted by Gasteiger charge is -2.33. The van der Waals surface area contributed by atoms with Gasteiger partial charge >= 0.3 is 0 Å². The maximum absolute atomic E-state index is 4.43. The summed E-state index contributed by atoms with van der Waals surface area (Å²) < 4.78 is 0. The third-order valence-electron chi connectivity index (χ3n) is 5.88. The molecule has 3 atom stereocenters. The van der Waals surface area contributed by atoms with Gasteiger partial charge in [-0.25, -0.2) is 0 Å². The molecule has 0 bridgehead atoms. The molecule has 23 heavy (non-hydrogen) atoms. The van der Waals surface area contributed by atoms with E-state index in [1.807, 2.05) is 7.05 Å². The summed E-state index contributed by atoms with van der Waals surface area (Å²) in [7, 11) is 1.89. The van der Waals surface area contributed by atoms with Crippen LogP contribution in [0.3, 0.4) is 0 Å². The quantitative estimate of drug-likeness (QED) is 0.595. The van der Waals surface area contributed by atoms with E-state index in [9.17, 15) is 0 Å². The molecule has 2 N–H and O–H groups in total. The van der Waals surface area contributed by atoms with Crippen LogP contribution >= 0.6 is 0 Å². The third kappa shape index (κ3) is 4.60. The first-order valence-electron chi connectivity index (χ1n) is 9.62. The van der Waals surface area contributed by atoms with E-state index in [0.717, 1.165) is 31.1 Å². The Morgan fingerprint density at radius 3 is 2.65 bits per heavy atom. The van der Waals surface area contributed by atoms with Crippen LogP contribution in [0.5, 0.6) is 0 Å². The highest BCUT2D eigenvalue weighted by Crippen LogP contribution is 2.31. The molecule has 1 saturated carbocycles. The van der Waals surface area contributed by atoms with Gasteiger partial charge in [-0.05, 0) is 45.1 Å². The number of nitrogens with zero attached hydrogens (tertiary/aromatic N) is 3. The largest absolute Gasteiger partial charge is 0.355 e. The van der Waals surface area contributed by atoms with Gasteiger partial charge in [-0.2, -0.15) is 0 Å². The molecule has 3 rings (SSSR count). The average molecular weight is 322 g/mol. The second kappa shape index (κ2) is 7.84. The minimum Gasteiger partial charge on any atom is -0.355 e. The monoisotopic (exact) mass is 321 g/mol. The van der Waals surface area contributed by atoms with Crippen LogP contribution in [-0.2, 0) is 0 Å². The number of nitrogens with one attached hydrogen (secondary N) is 2. The highest BCUT2D eigenvalue weighted by Gasteiger charge is 2.38. The lowest BCUT2D eigenvalue weighted by Crippen LogP contribution is -2.49. The molecule has 132 valence electrons. The van der Waals surface area contributed by atoms with E-state index in [1.54, 1.807) is 0 Å². The van der Waals surface area contributed by atoms with Gasteiger partial charge in [-0.3, -0.25) is 14.8 Å². The van der Waals surface area contributed by atoms with E-state index >= 15 is 0 Å². The fourth-order valence-electron chi connectivity index (χ4n) is 4.11. The summed E-state index contributed by atoms with van der Waals surface area (Å²) in [6, 6.07) is 2.15. The van der Waals surface area contributed by atoms with Crippen molar-refractivity contribution in [3.8, 4) is 0 Å². The molecule has 5 heteroatoms. The van der Waals surface area contributed by atoms with Gasteiger partial charge < -0.3 is 10.6 Å². The molecule has 2 aliphatic heterocycles. The van der Waals surface area contributed by atoms with Crippen molar-refractivity contribution in [1.82, 2.24) is 20.4 Å². The van der Waals surface area contributed by atoms with Crippen molar-refractivity contribution in [2.45, 2.75) is 64.1 Å². The minimum absolute atomic E-state index is 0.538. The SMILES string of the molecule is CN=C(NCCN1CCCCC1C)NC1CN(C2CC2)CC1C. The number of hydrogen-bond donors (Lipinski definition) is 2. The second-order valence-electron chi connectivity index (χ2n) is 7.79. The minimum atomic E-state index is 0.538. The van der Waals surface area contributed by atoms with Crippen molar-refractivity contribution in [2.75, 3.05) is 39.8 Å². The van der Waals surface area contributed by atoms with Crippen molar-refractivity contribution in [2.24, 2.45) is 10.9 Å². The van der Waals surface area contributed by atoms with Crippen LogP contribution in [0.25, 0.3) is 0 Å². The van der Waals surface area contributed by atoms with E-state index in [4.69, 9.17) is 0 Å². The Labute approximate surface area is 141 Å². The van der Waals surface area contributed by atoms with Crippen LogP contribution in [-0.4, -0.2) is 73.7 Å².